The number of rotatable bonds is 12. The molecule has 0 radical (unpaired) electrons. The average molecular weight is 490 g/mol. The van der Waals surface area contributed by atoms with Crippen LogP contribution in [0.15, 0.2) is 96.1 Å². The molecular weight excluding hydrogens is 458 g/mol. The van der Waals surface area contributed by atoms with Gasteiger partial charge in [0.15, 0.2) is 6.29 Å². The Labute approximate surface area is 211 Å². The molecule has 0 bridgehead atoms. The summed E-state index contributed by atoms with van der Waals surface area (Å²) in [6, 6.07) is 28.8. The van der Waals surface area contributed by atoms with Crippen LogP contribution in [-0.2, 0) is 43.5 Å². The monoisotopic (exact) mass is 489 g/mol. The van der Waals surface area contributed by atoms with Gasteiger partial charge in [0.1, 0.15) is 12.2 Å². The molecule has 0 unspecified atom stereocenters. The summed E-state index contributed by atoms with van der Waals surface area (Å²) in [5.41, 5.74) is 12.4. The van der Waals surface area contributed by atoms with Crippen molar-refractivity contribution < 1.29 is 23.7 Å². The molecule has 0 N–H and O–H groups in total. The largest absolute Gasteiger partial charge is 0.374 e. The van der Waals surface area contributed by atoms with Crippen molar-refractivity contribution in [3.8, 4) is 0 Å². The summed E-state index contributed by atoms with van der Waals surface area (Å²) in [6.07, 6.45) is -2.55. The topological polar surface area (TPSA) is 94.9 Å². The molecule has 188 valence electrons. The first-order valence-electron chi connectivity index (χ1n) is 11.9. The summed E-state index contributed by atoms with van der Waals surface area (Å²) in [7, 11) is 1.56. The predicted molar refractivity (Wildman–Crippen MR) is 135 cm³/mol. The molecule has 4 rings (SSSR count). The van der Waals surface area contributed by atoms with Gasteiger partial charge in [-0.3, -0.25) is 0 Å². The van der Waals surface area contributed by atoms with Crippen molar-refractivity contribution in [3.05, 3.63) is 118 Å². The minimum Gasteiger partial charge on any atom is -0.374 e. The molecule has 0 amide bonds. The zero-order valence-corrected chi connectivity index (χ0v) is 20.3. The van der Waals surface area contributed by atoms with Crippen molar-refractivity contribution in [3.63, 3.8) is 0 Å². The molecule has 8 heteroatoms. The quantitative estimate of drug-likeness (QED) is 0.192. The van der Waals surface area contributed by atoms with E-state index in [0.29, 0.717) is 19.8 Å². The molecule has 0 aliphatic carbocycles. The number of azide groups is 1. The lowest BCUT2D eigenvalue weighted by Crippen LogP contribution is -2.60. The molecule has 8 nitrogen and oxygen atoms in total. The van der Waals surface area contributed by atoms with Gasteiger partial charge >= 0.3 is 0 Å². The normalized spacial score (nSPS) is 23.6. The Bertz CT molecular complexity index is 1080. The molecule has 1 saturated heterocycles. The minimum atomic E-state index is -0.732. The van der Waals surface area contributed by atoms with Crippen LogP contribution in [-0.4, -0.2) is 44.4 Å². The third kappa shape index (κ3) is 7.15. The molecular formula is C28H31N3O5. The molecule has 0 aromatic heterocycles. The van der Waals surface area contributed by atoms with Crippen LogP contribution in [0.3, 0.4) is 0 Å². The van der Waals surface area contributed by atoms with Gasteiger partial charge in [-0.1, -0.05) is 96.1 Å². The van der Waals surface area contributed by atoms with E-state index in [9.17, 15) is 5.53 Å². The van der Waals surface area contributed by atoms with Crippen LogP contribution in [0.5, 0.6) is 0 Å². The molecule has 1 fully saturated rings. The van der Waals surface area contributed by atoms with Crippen molar-refractivity contribution in [1.82, 2.24) is 0 Å². The van der Waals surface area contributed by atoms with Gasteiger partial charge in [-0.05, 0) is 22.2 Å². The second-order valence-corrected chi connectivity index (χ2v) is 8.50. The van der Waals surface area contributed by atoms with E-state index in [1.165, 1.54) is 0 Å². The Hall–Kier alpha value is -3.23. The van der Waals surface area contributed by atoms with Gasteiger partial charge in [0.2, 0.25) is 0 Å². The van der Waals surface area contributed by atoms with Crippen LogP contribution in [0.25, 0.3) is 10.4 Å². The fraction of sp³-hybridized carbons (Fsp3) is 0.357. The molecule has 0 saturated carbocycles. The lowest BCUT2D eigenvalue weighted by atomic mass is 9.96. The zero-order valence-electron chi connectivity index (χ0n) is 20.3. The second-order valence-electron chi connectivity index (χ2n) is 8.50. The lowest BCUT2D eigenvalue weighted by Gasteiger charge is -2.44. The maximum Gasteiger partial charge on any atom is 0.186 e. The van der Waals surface area contributed by atoms with Crippen LogP contribution < -0.4 is 0 Å². The van der Waals surface area contributed by atoms with Crippen molar-refractivity contribution >= 4 is 0 Å². The van der Waals surface area contributed by atoms with Gasteiger partial charge < -0.3 is 23.7 Å². The third-order valence-electron chi connectivity index (χ3n) is 6.00. The molecule has 3 aromatic carbocycles. The van der Waals surface area contributed by atoms with E-state index >= 15 is 0 Å². The molecule has 36 heavy (non-hydrogen) atoms. The molecule has 1 aliphatic rings. The Balaban J connectivity index is 1.52. The fourth-order valence-electron chi connectivity index (χ4n) is 4.19. The Morgan fingerprint density at radius 3 is 1.75 bits per heavy atom. The van der Waals surface area contributed by atoms with E-state index in [0.717, 1.165) is 16.7 Å². The Morgan fingerprint density at radius 1 is 0.750 bits per heavy atom. The maximum atomic E-state index is 9.39. The first-order valence-corrected chi connectivity index (χ1v) is 11.9. The van der Waals surface area contributed by atoms with Crippen LogP contribution in [0.2, 0.25) is 0 Å². The van der Waals surface area contributed by atoms with E-state index in [4.69, 9.17) is 23.7 Å². The Morgan fingerprint density at radius 2 is 1.25 bits per heavy atom. The van der Waals surface area contributed by atoms with E-state index in [2.05, 4.69) is 10.0 Å². The lowest BCUT2D eigenvalue weighted by molar-refractivity contribution is -0.291. The number of hydrogen-bond donors (Lipinski definition) is 0. The summed E-state index contributed by atoms with van der Waals surface area (Å²) in [5, 5.41) is 4.07. The van der Waals surface area contributed by atoms with Gasteiger partial charge in [0.25, 0.3) is 0 Å². The maximum absolute atomic E-state index is 9.39. The molecule has 5 atom stereocenters. The number of nitrogens with zero attached hydrogens (tertiary/aromatic N) is 3. The van der Waals surface area contributed by atoms with Gasteiger partial charge in [-0.15, -0.1) is 0 Å². The van der Waals surface area contributed by atoms with E-state index in [-0.39, 0.29) is 6.61 Å². The first-order chi connectivity index (χ1) is 17.8. The van der Waals surface area contributed by atoms with Crippen molar-refractivity contribution in [2.75, 3.05) is 13.7 Å². The molecule has 1 aliphatic heterocycles. The van der Waals surface area contributed by atoms with Gasteiger partial charge in [-0.25, -0.2) is 0 Å². The minimum absolute atomic E-state index is 0.203. The molecule has 0 spiro atoms. The van der Waals surface area contributed by atoms with Gasteiger partial charge in [0, 0.05) is 12.0 Å². The van der Waals surface area contributed by atoms with Crippen molar-refractivity contribution in [2.45, 2.75) is 50.5 Å². The predicted octanol–water partition coefficient (Wildman–Crippen LogP) is 5.42. The van der Waals surface area contributed by atoms with Gasteiger partial charge in [0.05, 0.1) is 38.6 Å². The van der Waals surface area contributed by atoms with Crippen LogP contribution in [0.1, 0.15) is 16.7 Å². The zero-order chi connectivity index (χ0) is 25.0. The SMILES string of the molecule is CO[C@H]1O[C@H](COCc2ccccc2)[C@@H](N=[N+]=[N-])[C@H](OCc2ccccc2)[C@H]1OCc1ccccc1. The van der Waals surface area contributed by atoms with E-state index in [1.54, 1.807) is 7.11 Å². The number of ether oxygens (including phenoxy) is 5. The van der Waals surface area contributed by atoms with Crippen LogP contribution in [0.4, 0.5) is 0 Å². The standard InChI is InChI=1S/C28H31N3O5/c1-32-28-27(35-19-23-15-9-4-10-16-23)26(34-18-22-13-7-3-8-14-22)25(30-31-29)24(36-28)20-33-17-21-11-5-2-6-12-21/h2-16,24-28H,17-20H2,1H3/t24-,25-,26+,27-,28+/m1/s1. The summed E-state index contributed by atoms with van der Waals surface area (Å²) in [5.74, 6) is 0. The van der Waals surface area contributed by atoms with E-state index in [1.807, 2.05) is 91.0 Å². The highest BCUT2D eigenvalue weighted by atomic mass is 16.7. The summed E-state index contributed by atoms with van der Waals surface area (Å²) >= 11 is 0. The fourth-order valence-corrected chi connectivity index (χ4v) is 4.19. The smallest absolute Gasteiger partial charge is 0.186 e. The van der Waals surface area contributed by atoms with Crippen molar-refractivity contribution in [1.29, 1.82) is 0 Å². The highest BCUT2D eigenvalue weighted by Crippen LogP contribution is 2.30. The first kappa shape index (κ1) is 25.9. The molecule has 1 heterocycles. The second kappa shape index (κ2) is 13.8. The number of benzene rings is 3. The average Bonchev–Trinajstić information content (AvgIpc) is 2.93. The summed E-state index contributed by atoms with van der Waals surface area (Å²) in [6.45, 7) is 1.26. The summed E-state index contributed by atoms with van der Waals surface area (Å²) in [4.78, 5) is 3.10. The Kier molecular flexibility index (Phi) is 9.87. The van der Waals surface area contributed by atoms with E-state index < -0.39 is 30.6 Å². The molecule has 3 aromatic rings. The highest BCUT2D eigenvalue weighted by Gasteiger charge is 2.47. The van der Waals surface area contributed by atoms with Crippen LogP contribution >= 0.6 is 0 Å². The highest BCUT2D eigenvalue weighted by molar-refractivity contribution is 5.15. The number of methoxy groups -OCH3 is 1. The van der Waals surface area contributed by atoms with Gasteiger partial charge in [-0.2, -0.15) is 0 Å². The van der Waals surface area contributed by atoms with Crippen LogP contribution in [0, 0.1) is 0 Å². The number of hydrogen-bond acceptors (Lipinski definition) is 6. The third-order valence-corrected chi connectivity index (χ3v) is 6.00. The summed E-state index contributed by atoms with van der Waals surface area (Å²) < 4.78 is 30.5. The van der Waals surface area contributed by atoms with Crippen molar-refractivity contribution in [2.24, 2.45) is 5.11 Å².